The van der Waals surface area contributed by atoms with Crippen molar-refractivity contribution in [3.05, 3.63) is 29.8 Å². The van der Waals surface area contributed by atoms with Crippen LogP contribution in [0.25, 0.3) is 0 Å². The summed E-state index contributed by atoms with van der Waals surface area (Å²) in [5, 5.41) is 0. The highest BCUT2D eigenvalue weighted by Crippen LogP contribution is 2.54. The topological polar surface area (TPSA) is 26.0 Å². The molecule has 0 amide bonds. The van der Waals surface area contributed by atoms with E-state index in [1.807, 2.05) is 0 Å². The first kappa shape index (κ1) is 10.3. The molecule has 0 heterocycles. The minimum atomic E-state index is -4.15. The molecule has 15 heavy (non-hydrogen) atoms. The van der Waals surface area contributed by atoms with E-state index >= 15 is 0 Å². The van der Waals surface area contributed by atoms with E-state index in [1.165, 1.54) is 24.3 Å². The summed E-state index contributed by atoms with van der Waals surface area (Å²) < 4.78 is 38.7. The van der Waals surface area contributed by atoms with Gasteiger partial charge in [0.05, 0.1) is 5.41 Å². The van der Waals surface area contributed by atoms with Crippen molar-refractivity contribution >= 4 is 5.69 Å². The fourth-order valence-corrected chi connectivity index (χ4v) is 2.07. The van der Waals surface area contributed by atoms with Gasteiger partial charge in [-0.15, -0.1) is 0 Å². The van der Waals surface area contributed by atoms with E-state index in [1.54, 1.807) is 0 Å². The number of hydrogen-bond donors (Lipinski definition) is 1. The summed E-state index contributed by atoms with van der Waals surface area (Å²) in [4.78, 5) is 0. The quantitative estimate of drug-likeness (QED) is 0.715. The normalized spacial score (nSPS) is 19.7. The summed E-state index contributed by atoms with van der Waals surface area (Å²) in [6.45, 7) is 0. The number of benzene rings is 1. The van der Waals surface area contributed by atoms with E-state index in [9.17, 15) is 13.2 Å². The van der Waals surface area contributed by atoms with Crippen molar-refractivity contribution in [1.82, 2.24) is 0 Å². The molecule has 0 unspecified atom stereocenters. The molecule has 1 aliphatic rings. The largest absolute Gasteiger partial charge is 0.399 e. The highest BCUT2D eigenvalue weighted by molar-refractivity contribution is 5.42. The highest BCUT2D eigenvalue weighted by atomic mass is 19.4. The van der Waals surface area contributed by atoms with E-state index in [0.717, 1.165) is 0 Å². The molecule has 1 aromatic carbocycles. The summed E-state index contributed by atoms with van der Waals surface area (Å²) in [7, 11) is 0. The van der Waals surface area contributed by atoms with E-state index < -0.39 is 11.6 Å². The van der Waals surface area contributed by atoms with Crippen LogP contribution < -0.4 is 5.73 Å². The van der Waals surface area contributed by atoms with Crippen LogP contribution in [0.1, 0.15) is 24.8 Å². The van der Waals surface area contributed by atoms with Crippen LogP contribution in [0.15, 0.2) is 24.3 Å². The van der Waals surface area contributed by atoms with Gasteiger partial charge >= 0.3 is 6.18 Å². The second-order valence-corrected chi connectivity index (χ2v) is 4.06. The predicted molar refractivity (Wildman–Crippen MR) is 52.4 cm³/mol. The highest BCUT2D eigenvalue weighted by Gasteiger charge is 2.58. The van der Waals surface area contributed by atoms with Gasteiger partial charge in [-0.1, -0.05) is 18.6 Å². The molecule has 82 valence electrons. The van der Waals surface area contributed by atoms with Crippen LogP contribution in [0.5, 0.6) is 0 Å². The van der Waals surface area contributed by atoms with E-state index in [0.29, 0.717) is 17.7 Å². The lowest BCUT2D eigenvalue weighted by Crippen LogP contribution is -2.47. The van der Waals surface area contributed by atoms with Gasteiger partial charge in [0.25, 0.3) is 0 Å². The standard InChI is InChI=1S/C11H12F3N/c12-11(13,14)10(6-1-7-10)8-2-4-9(15)5-3-8/h2-5H,1,6-7,15H2. The van der Waals surface area contributed by atoms with Gasteiger partial charge in [0.2, 0.25) is 0 Å². The van der Waals surface area contributed by atoms with Crippen LogP contribution in [0.2, 0.25) is 0 Å². The fourth-order valence-electron chi connectivity index (χ4n) is 2.07. The maximum absolute atomic E-state index is 12.9. The number of hydrogen-bond acceptors (Lipinski definition) is 1. The number of nitrogen functional groups attached to an aromatic ring is 1. The Bertz CT molecular complexity index is 349. The molecule has 1 aliphatic carbocycles. The molecular formula is C11H12F3N. The Labute approximate surface area is 86.1 Å². The lowest BCUT2D eigenvalue weighted by molar-refractivity contribution is -0.212. The van der Waals surface area contributed by atoms with Crippen molar-refractivity contribution in [2.24, 2.45) is 0 Å². The minimum Gasteiger partial charge on any atom is -0.399 e. The van der Waals surface area contributed by atoms with E-state index in [4.69, 9.17) is 5.73 Å². The van der Waals surface area contributed by atoms with Crippen LogP contribution in [-0.2, 0) is 5.41 Å². The molecule has 2 N–H and O–H groups in total. The van der Waals surface area contributed by atoms with E-state index in [-0.39, 0.29) is 12.8 Å². The van der Waals surface area contributed by atoms with Crippen molar-refractivity contribution in [2.45, 2.75) is 30.9 Å². The molecule has 1 nitrogen and oxygen atoms in total. The van der Waals surface area contributed by atoms with Gasteiger partial charge in [-0.25, -0.2) is 0 Å². The summed E-state index contributed by atoms with van der Waals surface area (Å²) in [5.74, 6) is 0. The molecule has 0 bridgehead atoms. The first-order valence-corrected chi connectivity index (χ1v) is 4.88. The van der Waals surface area contributed by atoms with Gasteiger partial charge < -0.3 is 5.73 Å². The van der Waals surface area contributed by atoms with Crippen molar-refractivity contribution in [1.29, 1.82) is 0 Å². The average Bonchev–Trinajstić information content (AvgIpc) is 2.03. The Morgan fingerprint density at radius 3 is 1.93 bits per heavy atom. The van der Waals surface area contributed by atoms with Gasteiger partial charge in [-0.2, -0.15) is 13.2 Å². The zero-order chi connectivity index (χ0) is 11.1. The Morgan fingerprint density at radius 2 is 1.60 bits per heavy atom. The minimum absolute atomic E-state index is 0.195. The van der Waals surface area contributed by atoms with Gasteiger partial charge in [-0.3, -0.25) is 0 Å². The molecule has 1 fully saturated rings. The van der Waals surface area contributed by atoms with Crippen molar-refractivity contribution in [3.63, 3.8) is 0 Å². The van der Waals surface area contributed by atoms with Crippen molar-refractivity contribution in [3.8, 4) is 0 Å². The number of anilines is 1. The summed E-state index contributed by atoms with van der Waals surface area (Å²) >= 11 is 0. The van der Waals surface area contributed by atoms with Crippen molar-refractivity contribution < 1.29 is 13.2 Å². The summed E-state index contributed by atoms with van der Waals surface area (Å²) in [5.41, 5.74) is 4.69. The van der Waals surface area contributed by atoms with Gasteiger partial charge in [0.1, 0.15) is 0 Å². The van der Waals surface area contributed by atoms with Crippen LogP contribution in [-0.4, -0.2) is 6.18 Å². The number of halogens is 3. The third-order valence-corrected chi connectivity index (χ3v) is 3.21. The first-order chi connectivity index (χ1) is 6.96. The number of rotatable bonds is 1. The molecule has 0 saturated heterocycles. The summed E-state index contributed by atoms with van der Waals surface area (Å²) in [6, 6.07) is 6.03. The number of nitrogens with two attached hydrogens (primary N) is 1. The zero-order valence-corrected chi connectivity index (χ0v) is 8.14. The van der Waals surface area contributed by atoms with Crippen LogP contribution in [0.3, 0.4) is 0 Å². The maximum atomic E-state index is 12.9. The van der Waals surface area contributed by atoms with Crippen LogP contribution >= 0.6 is 0 Å². The maximum Gasteiger partial charge on any atom is 0.398 e. The Kier molecular flexibility index (Phi) is 2.17. The number of alkyl halides is 3. The Balaban J connectivity index is 2.39. The molecule has 4 heteroatoms. The predicted octanol–water partition coefficient (Wildman–Crippen LogP) is 3.25. The third kappa shape index (κ3) is 1.48. The molecule has 0 aromatic heterocycles. The smallest absolute Gasteiger partial charge is 0.398 e. The Morgan fingerprint density at radius 1 is 1.07 bits per heavy atom. The molecule has 2 rings (SSSR count). The fraction of sp³-hybridized carbons (Fsp3) is 0.455. The lowest BCUT2D eigenvalue weighted by Gasteiger charge is -2.43. The monoisotopic (exact) mass is 215 g/mol. The van der Waals surface area contributed by atoms with Crippen LogP contribution in [0, 0.1) is 0 Å². The molecule has 1 saturated carbocycles. The lowest BCUT2D eigenvalue weighted by atomic mass is 9.64. The van der Waals surface area contributed by atoms with Crippen molar-refractivity contribution in [2.75, 3.05) is 5.73 Å². The average molecular weight is 215 g/mol. The SMILES string of the molecule is Nc1ccc(C2(C(F)(F)F)CCC2)cc1. The van der Waals surface area contributed by atoms with Crippen LogP contribution in [0.4, 0.5) is 18.9 Å². The molecule has 1 aromatic rings. The third-order valence-electron chi connectivity index (χ3n) is 3.21. The van der Waals surface area contributed by atoms with Gasteiger partial charge in [-0.05, 0) is 30.5 Å². The Hall–Kier alpha value is -1.19. The van der Waals surface area contributed by atoms with Gasteiger partial charge in [0.15, 0.2) is 0 Å². The first-order valence-electron chi connectivity index (χ1n) is 4.88. The second-order valence-electron chi connectivity index (χ2n) is 4.06. The van der Waals surface area contributed by atoms with Gasteiger partial charge in [0, 0.05) is 5.69 Å². The molecule has 0 aliphatic heterocycles. The van der Waals surface area contributed by atoms with E-state index in [2.05, 4.69) is 0 Å². The molecule has 0 spiro atoms. The zero-order valence-electron chi connectivity index (χ0n) is 8.14. The molecular weight excluding hydrogens is 203 g/mol. The second kappa shape index (κ2) is 3.15. The summed E-state index contributed by atoms with van der Waals surface area (Å²) in [6.07, 6.45) is -3.12. The molecule has 0 atom stereocenters. The molecule has 0 radical (unpaired) electrons.